The van der Waals surface area contributed by atoms with Gasteiger partial charge in [0, 0.05) is 29.9 Å². The Hall–Kier alpha value is -2.46. The molecular formula is C33H39ClN2O. The molecule has 1 fully saturated rings. The molecule has 0 amide bonds. The summed E-state index contributed by atoms with van der Waals surface area (Å²) in [5.74, 6) is 0. The first-order valence-corrected chi connectivity index (χ1v) is 14.1. The van der Waals surface area contributed by atoms with Crippen molar-refractivity contribution in [1.29, 1.82) is 0 Å². The minimum absolute atomic E-state index is 0.135. The molecular weight excluding hydrogens is 476 g/mol. The van der Waals surface area contributed by atoms with E-state index in [1.54, 1.807) is 0 Å². The standard InChI is InChI=1S/C33H39ClN2O/c1-33(2,3)27-12-10-23(11-13-27)30(37)7-5-19-36-20-16-24(17-21-36)31-29-15-14-28(34)22-26(29)9-8-25-6-4-18-35-32(25)31/h4,6,10-15,18,22,30,37H,5,7-9,16-17,19-21H2,1-3H3. The summed E-state index contributed by atoms with van der Waals surface area (Å²) in [6, 6.07) is 19.1. The minimum atomic E-state index is -0.395. The number of fused-ring (bicyclic) bond motifs is 2. The zero-order valence-corrected chi connectivity index (χ0v) is 23.2. The number of halogens is 1. The molecule has 3 nitrogen and oxygen atoms in total. The van der Waals surface area contributed by atoms with Gasteiger partial charge in [-0.3, -0.25) is 4.98 Å². The van der Waals surface area contributed by atoms with Gasteiger partial charge in [-0.15, -0.1) is 0 Å². The fraction of sp³-hybridized carbons (Fsp3) is 0.424. The molecule has 4 heteroatoms. The van der Waals surface area contributed by atoms with Crippen LogP contribution < -0.4 is 0 Å². The number of aryl methyl sites for hydroxylation is 2. The topological polar surface area (TPSA) is 36.4 Å². The fourth-order valence-corrected chi connectivity index (χ4v) is 6.00. The molecule has 2 aromatic carbocycles. The normalized spacial score (nSPS) is 17.2. The molecule has 1 saturated heterocycles. The second kappa shape index (κ2) is 11.1. The predicted molar refractivity (Wildman–Crippen MR) is 154 cm³/mol. The second-order valence-corrected chi connectivity index (χ2v) is 12.1. The van der Waals surface area contributed by atoms with E-state index in [9.17, 15) is 5.11 Å². The molecule has 1 aliphatic carbocycles. The predicted octanol–water partition coefficient (Wildman–Crippen LogP) is 7.54. The number of nitrogens with zero attached hydrogens (tertiary/aromatic N) is 2. The SMILES string of the molecule is CC(C)(C)c1ccc(C(O)CCCN2CCC(=C3c4ccc(Cl)cc4CCc4cccnc43)CC2)cc1. The van der Waals surface area contributed by atoms with Crippen molar-refractivity contribution in [3.8, 4) is 0 Å². The highest BCUT2D eigenvalue weighted by Crippen LogP contribution is 2.38. The van der Waals surface area contributed by atoms with Crippen molar-refractivity contribution in [2.24, 2.45) is 0 Å². The molecule has 1 aliphatic heterocycles. The lowest BCUT2D eigenvalue weighted by molar-refractivity contribution is 0.153. The van der Waals surface area contributed by atoms with Crippen molar-refractivity contribution in [2.75, 3.05) is 19.6 Å². The van der Waals surface area contributed by atoms with Gasteiger partial charge in [0.25, 0.3) is 0 Å². The van der Waals surface area contributed by atoms with E-state index in [0.29, 0.717) is 0 Å². The van der Waals surface area contributed by atoms with E-state index in [2.05, 4.69) is 74.2 Å². The molecule has 2 heterocycles. The molecule has 1 N–H and O–H groups in total. The Balaban J connectivity index is 1.23. The fourth-order valence-electron chi connectivity index (χ4n) is 5.81. The van der Waals surface area contributed by atoms with Crippen LogP contribution in [0.2, 0.25) is 5.02 Å². The molecule has 194 valence electrons. The number of benzene rings is 2. The lowest BCUT2D eigenvalue weighted by Crippen LogP contribution is -2.32. The minimum Gasteiger partial charge on any atom is -0.388 e. The van der Waals surface area contributed by atoms with Crippen LogP contribution in [-0.2, 0) is 18.3 Å². The number of hydrogen-bond acceptors (Lipinski definition) is 3. The second-order valence-electron chi connectivity index (χ2n) is 11.7. The highest BCUT2D eigenvalue weighted by molar-refractivity contribution is 6.30. The maximum Gasteiger partial charge on any atom is 0.0790 e. The third kappa shape index (κ3) is 6.00. The molecule has 2 aliphatic rings. The average molecular weight is 515 g/mol. The Labute approximate surface area is 227 Å². The molecule has 0 spiro atoms. The first kappa shape index (κ1) is 26.2. The summed E-state index contributed by atoms with van der Waals surface area (Å²) in [5, 5.41) is 11.6. The molecule has 0 saturated carbocycles. The third-order valence-corrected chi connectivity index (χ3v) is 8.29. The first-order chi connectivity index (χ1) is 17.8. The molecule has 1 unspecified atom stereocenters. The van der Waals surface area contributed by atoms with Crippen molar-refractivity contribution in [2.45, 2.75) is 70.8 Å². The van der Waals surface area contributed by atoms with E-state index in [1.807, 2.05) is 12.3 Å². The summed E-state index contributed by atoms with van der Waals surface area (Å²) >= 11 is 6.37. The Kier molecular flexibility index (Phi) is 7.85. The van der Waals surface area contributed by atoms with Gasteiger partial charge in [0.05, 0.1) is 11.8 Å². The van der Waals surface area contributed by atoms with Crippen LogP contribution in [0.3, 0.4) is 0 Å². The first-order valence-electron chi connectivity index (χ1n) is 13.8. The van der Waals surface area contributed by atoms with Crippen LogP contribution in [0.1, 0.15) is 86.1 Å². The number of aliphatic hydroxyl groups is 1. The van der Waals surface area contributed by atoms with Crippen LogP contribution in [0.25, 0.3) is 5.57 Å². The van der Waals surface area contributed by atoms with E-state index in [1.165, 1.54) is 33.4 Å². The summed E-state index contributed by atoms with van der Waals surface area (Å²) in [4.78, 5) is 7.41. The quantitative estimate of drug-likeness (QED) is 0.382. The van der Waals surface area contributed by atoms with Crippen LogP contribution in [0.15, 0.2) is 66.4 Å². The van der Waals surface area contributed by atoms with Gasteiger partial charge in [0.2, 0.25) is 0 Å². The largest absolute Gasteiger partial charge is 0.388 e. The number of aliphatic hydroxyl groups excluding tert-OH is 1. The van der Waals surface area contributed by atoms with Gasteiger partial charge < -0.3 is 10.0 Å². The van der Waals surface area contributed by atoms with E-state index in [-0.39, 0.29) is 5.41 Å². The third-order valence-electron chi connectivity index (χ3n) is 8.05. The molecule has 3 aromatic rings. The van der Waals surface area contributed by atoms with Crippen molar-refractivity contribution in [3.05, 3.63) is 105 Å². The Morgan fingerprint density at radius 1 is 0.946 bits per heavy atom. The number of pyridine rings is 1. The Bertz CT molecular complexity index is 1260. The summed E-state index contributed by atoms with van der Waals surface area (Å²) in [7, 11) is 0. The maximum absolute atomic E-state index is 10.7. The van der Waals surface area contributed by atoms with Crippen molar-refractivity contribution in [3.63, 3.8) is 0 Å². The van der Waals surface area contributed by atoms with E-state index in [4.69, 9.17) is 16.6 Å². The average Bonchev–Trinajstić information content (AvgIpc) is 3.05. The lowest BCUT2D eigenvalue weighted by Gasteiger charge is -2.30. The van der Waals surface area contributed by atoms with Crippen LogP contribution in [0.4, 0.5) is 0 Å². The zero-order valence-electron chi connectivity index (χ0n) is 22.4. The summed E-state index contributed by atoms with van der Waals surface area (Å²) in [6.45, 7) is 9.80. The van der Waals surface area contributed by atoms with Gasteiger partial charge in [0.15, 0.2) is 0 Å². The monoisotopic (exact) mass is 514 g/mol. The van der Waals surface area contributed by atoms with E-state index in [0.717, 1.165) is 74.4 Å². The lowest BCUT2D eigenvalue weighted by atomic mass is 9.86. The molecule has 0 radical (unpaired) electrons. The Morgan fingerprint density at radius 2 is 1.68 bits per heavy atom. The van der Waals surface area contributed by atoms with Gasteiger partial charge in [-0.25, -0.2) is 0 Å². The molecule has 5 rings (SSSR count). The number of aromatic nitrogens is 1. The highest BCUT2D eigenvalue weighted by atomic mass is 35.5. The van der Waals surface area contributed by atoms with Gasteiger partial charge in [-0.1, -0.05) is 74.3 Å². The highest BCUT2D eigenvalue weighted by Gasteiger charge is 2.25. The van der Waals surface area contributed by atoms with Gasteiger partial charge in [-0.05, 0) is 96.5 Å². The van der Waals surface area contributed by atoms with Crippen molar-refractivity contribution in [1.82, 2.24) is 9.88 Å². The number of piperidine rings is 1. The van der Waals surface area contributed by atoms with Gasteiger partial charge >= 0.3 is 0 Å². The van der Waals surface area contributed by atoms with E-state index < -0.39 is 6.10 Å². The van der Waals surface area contributed by atoms with Crippen molar-refractivity contribution >= 4 is 17.2 Å². The van der Waals surface area contributed by atoms with Crippen LogP contribution in [-0.4, -0.2) is 34.6 Å². The summed E-state index contributed by atoms with van der Waals surface area (Å²) in [6.07, 6.45) is 7.45. The van der Waals surface area contributed by atoms with Crippen molar-refractivity contribution < 1.29 is 5.11 Å². The Morgan fingerprint density at radius 3 is 2.41 bits per heavy atom. The van der Waals surface area contributed by atoms with Crippen LogP contribution in [0, 0.1) is 0 Å². The number of rotatable bonds is 5. The summed E-state index contributed by atoms with van der Waals surface area (Å²) < 4.78 is 0. The molecule has 37 heavy (non-hydrogen) atoms. The number of hydrogen-bond donors (Lipinski definition) is 1. The maximum atomic E-state index is 10.7. The molecule has 0 bridgehead atoms. The number of likely N-dealkylation sites (tertiary alicyclic amines) is 1. The van der Waals surface area contributed by atoms with E-state index >= 15 is 0 Å². The van der Waals surface area contributed by atoms with Gasteiger partial charge in [0.1, 0.15) is 0 Å². The van der Waals surface area contributed by atoms with Crippen LogP contribution in [0.5, 0.6) is 0 Å². The van der Waals surface area contributed by atoms with Gasteiger partial charge in [-0.2, -0.15) is 0 Å². The molecule has 1 atom stereocenters. The summed E-state index contributed by atoms with van der Waals surface area (Å²) in [5.41, 5.74) is 10.5. The molecule has 1 aromatic heterocycles. The zero-order chi connectivity index (χ0) is 26.0. The van der Waals surface area contributed by atoms with Crippen LogP contribution >= 0.6 is 11.6 Å². The smallest absolute Gasteiger partial charge is 0.0790 e.